The number of esters is 1. The minimum absolute atomic E-state index is 0.0765. The van der Waals surface area contributed by atoms with E-state index in [9.17, 15) is 9.59 Å². The molecule has 1 heterocycles. The second-order valence-electron chi connectivity index (χ2n) is 6.68. The minimum atomic E-state index is -0.432. The Hall–Kier alpha value is -3.25. The van der Waals surface area contributed by atoms with Gasteiger partial charge in [0.15, 0.2) is 0 Å². The number of aromatic nitrogens is 1. The highest BCUT2D eigenvalue weighted by Gasteiger charge is 2.09. The summed E-state index contributed by atoms with van der Waals surface area (Å²) in [7, 11) is 0. The SMILES string of the molecule is Cc1ccc(NC(=O)Cc2nc(COC(=O)/C=C/c3cccc(C)c3)cs2)cc1. The average Bonchev–Trinajstić information content (AvgIpc) is 3.14. The molecule has 0 spiro atoms. The summed E-state index contributed by atoms with van der Waals surface area (Å²) in [6, 6.07) is 15.5. The zero-order valence-electron chi connectivity index (χ0n) is 16.3. The molecule has 3 rings (SSSR count). The molecule has 0 aliphatic carbocycles. The van der Waals surface area contributed by atoms with Crippen LogP contribution in [0.5, 0.6) is 0 Å². The maximum atomic E-state index is 12.1. The fraction of sp³-hybridized carbons (Fsp3) is 0.174. The average molecular weight is 407 g/mol. The van der Waals surface area contributed by atoms with Crippen molar-refractivity contribution >= 4 is 35.0 Å². The molecular formula is C23H22N2O3S. The van der Waals surface area contributed by atoms with Gasteiger partial charge in [0, 0.05) is 17.1 Å². The first kappa shape index (κ1) is 20.5. The molecular weight excluding hydrogens is 384 g/mol. The van der Waals surface area contributed by atoms with Crippen LogP contribution in [0.2, 0.25) is 0 Å². The van der Waals surface area contributed by atoms with Gasteiger partial charge in [0.1, 0.15) is 11.6 Å². The Morgan fingerprint density at radius 3 is 2.66 bits per heavy atom. The van der Waals surface area contributed by atoms with Gasteiger partial charge in [-0.05, 0) is 37.6 Å². The van der Waals surface area contributed by atoms with Crippen LogP contribution >= 0.6 is 11.3 Å². The molecule has 6 heteroatoms. The van der Waals surface area contributed by atoms with E-state index in [1.165, 1.54) is 17.4 Å². The molecule has 1 aromatic heterocycles. The van der Waals surface area contributed by atoms with E-state index < -0.39 is 5.97 Å². The fourth-order valence-corrected chi connectivity index (χ4v) is 3.38. The summed E-state index contributed by atoms with van der Waals surface area (Å²) >= 11 is 1.37. The predicted octanol–water partition coefficient (Wildman–Crippen LogP) is 4.70. The number of anilines is 1. The summed E-state index contributed by atoms with van der Waals surface area (Å²) in [6.45, 7) is 4.07. The third kappa shape index (κ3) is 6.69. The number of carbonyl (C=O) groups excluding carboxylic acids is 2. The highest BCUT2D eigenvalue weighted by Crippen LogP contribution is 2.14. The van der Waals surface area contributed by atoms with Crippen LogP contribution in [0.3, 0.4) is 0 Å². The van der Waals surface area contributed by atoms with Crippen LogP contribution < -0.4 is 5.32 Å². The first-order valence-electron chi connectivity index (χ1n) is 9.19. The highest BCUT2D eigenvalue weighted by molar-refractivity contribution is 7.09. The molecule has 0 radical (unpaired) electrons. The van der Waals surface area contributed by atoms with Crippen LogP contribution in [0.15, 0.2) is 60.0 Å². The summed E-state index contributed by atoms with van der Waals surface area (Å²) < 4.78 is 5.22. The molecule has 0 saturated heterocycles. The van der Waals surface area contributed by atoms with Crippen molar-refractivity contribution in [2.24, 2.45) is 0 Å². The number of thiazole rings is 1. The topological polar surface area (TPSA) is 68.3 Å². The number of hydrogen-bond acceptors (Lipinski definition) is 5. The van der Waals surface area contributed by atoms with Crippen LogP contribution in [-0.2, 0) is 27.4 Å². The van der Waals surface area contributed by atoms with Crippen LogP contribution in [0.1, 0.15) is 27.4 Å². The van der Waals surface area contributed by atoms with E-state index in [-0.39, 0.29) is 18.9 Å². The lowest BCUT2D eigenvalue weighted by molar-refractivity contribution is -0.139. The van der Waals surface area contributed by atoms with Gasteiger partial charge >= 0.3 is 5.97 Å². The van der Waals surface area contributed by atoms with Gasteiger partial charge in [-0.2, -0.15) is 0 Å². The highest BCUT2D eigenvalue weighted by atomic mass is 32.1. The number of carbonyl (C=O) groups is 2. The van der Waals surface area contributed by atoms with Gasteiger partial charge in [0.05, 0.1) is 12.1 Å². The molecule has 29 heavy (non-hydrogen) atoms. The Bertz CT molecular complexity index is 1020. The first-order valence-corrected chi connectivity index (χ1v) is 10.1. The molecule has 0 unspecified atom stereocenters. The molecule has 2 aromatic carbocycles. The van der Waals surface area contributed by atoms with Gasteiger partial charge in [-0.15, -0.1) is 11.3 Å². The molecule has 5 nitrogen and oxygen atoms in total. The van der Waals surface area contributed by atoms with Crippen molar-refractivity contribution in [2.75, 3.05) is 5.32 Å². The maximum Gasteiger partial charge on any atom is 0.331 e. The van der Waals surface area contributed by atoms with E-state index in [0.29, 0.717) is 10.7 Å². The lowest BCUT2D eigenvalue weighted by Crippen LogP contribution is -2.14. The van der Waals surface area contributed by atoms with Crippen LogP contribution in [0, 0.1) is 13.8 Å². The number of hydrogen-bond donors (Lipinski definition) is 1. The molecule has 0 aliphatic heterocycles. The van der Waals surface area contributed by atoms with E-state index in [2.05, 4.69) is 10.3 Å². The van der Waals surface area contributed by atoms with Crippen molar-refractivity contribution in [3.63, 3.8) is 0 Å². The minimum Gasteiger partial charge on any atom is -0.456 e. The van der Waals surface area contributed by atoms with Crippen LogP contribution in [0.4, 0.5) is 5.69 Å². The zero-order chi connectivity index (χ0) is 20.6. The van der Waals surface area contributed by atoms with E-state index in [4.69, 9.17) is 4.74 Å². The molecule has 0 fully saturated rings. The monoisotopic (exact) mass is 406 g/mol. The van der Waals surface area contributed by atoms with Crippen molar-refractivity contribution in [3.05, 3.63) is 87.4 Å². The fourth-order valence-electron chi connectivity index (χ4n) is 2.61. The lowest BCUT2D eigenvalue weighted by Gasteiger charge is -2.04. The van der Waals surface area contributed by atoms with Gasteiger partial charge in [-0.1, -0.05) is 47.5 Å². The predicted molar refractivity (Wildman–Crippen MR) is 116 cm³/mol. The normalized spacial score (nSPS) is 10.8. The molecule has 1 amide bonds. The lowest BCUT2D eigenvalue weighted by atomic mass is 10.1. The number of ether oxygens (including phenoxy) is 1. The van der Waals surface area contributed by atoms with Gasteiger partial charge < -0.3 is 10.1 Å². The number of benzene rings is 2. The Balaban J connectivity index is 1.46. The van der Waals surface area contributed by atoms with Crippen LogP contribution in [-0.4, -0.2) is 16.9 Å². The third-order valence-electron chi connectivity index (χ3n) is 4.06. The van der Waals surface area contributed by atoms with Crippen molar-refractivity contribution < 1.29 is 14.3 Å². The summed E-state index contributed by atoms with van der Waals surface area (Å²) in [5.41, 5.74) is 4.59. The van der Waals surface area contributed by atoms with Crippen molar-refractivity contribution in [3.8, 4) is 0 Å². The quantitative estimate of drug-likeness (QED) is 0.456. The molecule has 0 saturated carbocycles. The van der Waals surface area contributed by atoms with E-state index in [1.54, 1.807) is 11.5 Å². The Kier molecular flexibility index (Phi) is 6.92. The Morgan fingerprint density at radius 1 is 1.10 bits per heavy atom. The maximum absolute atomic E-state index is 12.1. The van der Waals surface area contributed by atoms with Crippen molar-refractivity contribution in [2.45, 2.75) is 26.9 Å². The summed E-state index contributed by atoms with van der Waals surface area (Å²) in [6.07, 6.45) is 3.30. The number of nitrogens with zero attached hydrogens (tertiary/aromatic N) is 1. The third-order valence-corrected chi connectivity index (χ3v) is 4.96. The number of amides is 1. The van der Waals surface area contributed by atoms with Gasteiger partial charge in [0.2, 0.25) is 5.91 Å². The van der Waals surface area contributed by atoms with Crippen molar-refractivity contribution in [1.29, 1.82) is 0 Å². The second kappa shape index (κ2) is 9.80. The van der Waals surface area contributed by atoms with E-state index in [0.717, 1.165) is 22.4 Å². The Morgan fingerprint density at radius 2 is 1.90 bits per heavy atom. The van der Waals surface area contributed by atoms with Gasteiger partial charge in [-0.25, -0.2) is 9.78 Å². The smallest absolute Gasteiger partial charge is 0.331 e. The summed E-state index contributed by atoms with van der Waals surface area (Å²) in [5.74, 6) is -0.564. The summed E-state index contributed by atoms with van der Waals surface area (Å²) in [4.78, 5) is 28.4. The van der Waals surface area contributed by atoms with Crippen LogP contribution in [0.25, 0.3) is 6.08 Å². The molecule has 0 atom stereocenters. The summed E-state index contributed by atoms with van der Waals surface area (Å²) in [5, 5.41) is 5.32. The Labute approximate surface area is 174 Å². The van der Waals surface area contributed by atoms with E-state index >= 15 is 0 Å². The molecule has 0 aliphatic rings. The van der Waals surface area contributed by atoms with Gasteiger partial charge in [0.25, 0.3) is 0 Å². The molecule has 148 valence electrons. The number of nitrogens with one attached hydrogen (secondary N) is 1. The number of rotatable bonds is 7. The van der Waals surface area contributed by atoms with E-state index in [1.807, 2.05) is 62.4 Å². The largest absolute Gasteiger partial charge is 0.456 e. The van der Waals surface area contributed by atoms with Gasteiger partial charge in [-0.3, -0.25) is 4.79 Å². The molecule has 3 aromatic rings. The zero-order valence-corrected chi connectivity index (χ0v) is 17.2. The molecule has 1 N–H and O–H groups in total. The standard InChI is InChI=1S/C23H22N2O3S/c1-16-6-9-19(10-7-16)24-21(26)13-22-25-20(15-29-22)14-28-23(27)11-8-18-5-3-4-17(2)12-18/h3-12,15H,13-14H2,1-2H3,(H,24,26)/b11-8+. The second-order valence-corrected chi connectivity index (χ2v) is 7.62. The van der Waals surface area contributed by atoms with Crippen molar-refractivity contribution in [1.82, 2.24) is 4.98 Å². The molecule has 0 bridgehead atoms. The number of aryl methyl sites for hydroxylation is 2. The first-order chi connectivity index (χ1) is 14.0.